The third-order valence-electron chi connectivity index (χ3n) is 4.58. The van der Waals surface area contributed by atoms with Crippen LogP contribution in [-0.2, 0) is 0 Å². The van der Waals surface area contributed by atoms with Crippen molar-refractivity contribution in [3.05, 3.63) is 0 Å². The van der Waals surface area contributed by atoms with E-state index in [1.807, 2.05) is 0 Å². The molecule has 2 fully saturated rings. The predicted molar refractivity (Wildman–Crippen MR) is 69.6 cm³/mol. The minimum Gasteiger partial charge on any atom is -0.312 e. The second-order valence-electron chi connectivity index (χ2n) is 6.05. The first-order valence-electron chi connectivity index (χ1n) is 7.22. The lowest BCUT2D eigenvalue weighted by atomic mass is 10.0. The van der Waals surface area contributed by atoms with Crippen LogP contribution in [0.4, 0.5) is 0 Å². The van der Waals surface area contributed by atoms with Crippen LogP contribution in [0.5, 0.6) is 0 Å². The number of nitrogens with one attached hydrogen (secondary N) is 2. The van der Waals surface area contributed by atoms with E-state index in [9.17, 15) is 0 Å². The molecule has 1 heterocycles. The van der Waals surface area contributed by atoms with Crippen LogP contribution in [-0.4, -0.2) is 25.2 Å². The Bertz CT molecular complexity index is 205. The summed E-state index contributed by atoms with van der Waals surface area (Å²) in [5.74, 6) is 1.81. The molecular weight excluding hydrogens is 196 g/mol. The smallest absolute Gasteiger partial charge is 0.0218 e. The van der Waals surface area contributed by atoms with Crippen LogP contribution in [0.25, 0.3) is 0 Å². The summed E-state index contributed by atoms with van der Waals surface area (Å²) in [4.78, 5) is 0. The lowest BCUT2D eigenvalue weighted by Gasteiger charge is -2.22. The average Bonchev–Trinajstić information content (AvgIpc) is 2.55. The van der Waals surface area contributed by atoms with E-state index < -0.39 is 0 Å². The third-order valence-corrected chi connectivity index (χ3v) is 4.58. The van der Waals surface area contributed by atoms with Crippen LogP contribution in [0.3, 0.4) is 0 Å². The molecule has 2 heteroatoms. The van der Waals surface area contributed by atoms with E-state index in [2.05, 4.69) is 24.5 Å². The molecule has 1 saturated carbocycles. The molecule has 4 unspecified atom stereocenters. The Kier molecular flexibility index (Phi) is 4.66. The van der Waals surface area contributed by atoms with Gasteiger partial charge in [0.1, 0.15) is 0 Å². The van der Waals surface area contributed by atoms with Crippen molar-refractivity contribution in [1.82, 2.24) is 10.6 Å². The summed E-state index contributed by atoms with van der Waals surface area (Å²) < 4.78 is 0. The van der Waals surface area contributed by atoms with Crippen molar-refractivity contribution in [3.63, 3.8) is 0 Å². The first-order chi connectivity index (χ1) is 7.75. The van der Waals surface area contributed by atoms with E-state index in [1.54, 1.807) is 0 Å². The lowest BCUT2D eigenvalue weighted by molar-refractivity contribution is 0.387. The minimum absolute atomic E-state index is 0.723. The summed E-state index contributed by atoms with van der Waals surface area (Å²) >= 11 is 0. The SMILES string of the molecule is CC1CCCC(NCC2NCCC2C)CC1. The van der Waals surface area contributed by atoms with Gasteiger partial charge < -0.3 is 10.6 Å². The number of hydrogen-bond donors (Lipinski definition) is 2. The van der Waals surface area contributed by atoms with Gasteiger partial charge in [0.2, 0.25) is 0 Å². The van der Waals surface area contributed by atoms with Crippen molar-refractivity contribution in [1.29, 1.82) is 0 Å². The second-order valence-corrected chi connectivity index (χ2v) is 6.05. The molecule has 2 nitrogen and oxygen atoms in total. The van der Waals surface area contributed by atoms with E-state index in [-0.39, 0.29) is 0 Å². The summed E-state index contributed by atoms with van der Waals surface area (Å²) in [7, 11) is 0. The Labute approximate surface area is 101 Å². The van der Waals surface area contributed by atoms with E-state index >= 15 is 0 Å². The monoisotopic (exact) mass is 224 g/mol. The average molecular weight is 224 g/mol. The molecule has 0 aromatic carbocycles. The first-order valence-corrected chi connectivity index (χ1v) is 7.22. The van der Waals surface area contributed by atoms with Crippen LogP contribution in [0.1, 0.15) is 52.4 Å². The molecule has 1 aliphatic carbocycles. The molecule has 94 valence electrons. The van der Waals surface area contributed by atoms with Gasteiger partial charge in [-0.25, -0.2) is 0 Å². The van der Waals surface area contributed by atoms with Crippen molar-refractivity contribution in [2.45, 2.75) is 64.5 Å². The van der Waals surface area contributed by atoms with Crippen LogP contribution in [0.15, 0.2) is 0 Å². The van der Waals surface area contributed by atoms with Gasteiger partial charge in [0, 0.05) is 18.6 Å². The molecule has 0 radical (unpaired) electrons. The topological polar surface area (TPSA) is 24.1 Å². The molecule has 16 heavy (non-hydrogen) atoms. The van der Waals surface area contributed by atoms with Crippen LogP contribution in [0.2, 0.25) is 0 Å². The lowest BCUT2D eigenvalue weighted by Crippen LogP contribution is -2.41. The normalized spacial score (nSPS) is 40.9. The van der Waals surface area contributed by atoms with E-state index in [1.165, 1.54) is 51.6 Å². The highest BCUT2D eigenvalue weighted by molar-refractivity contribution is 4.84. The van der Waals surface area contributed by atoms with Crippen molar-refractivity contribution in [2.75, 3.05) is 13.1 Å². The van der Waals surface area contributed by atoms with Gasteiger partial charge in [-0.3, -0.25) is 0 Å². The molecule has 1 aliphatic heterocycles. The largest absolute Gasteiger partial charge is 0.312 e. The maximum Gasteiger partial charge on any atom is 0.0218 e. The fourth-order valence-corrected chi connectivity index (χ4v) is 3.16. The molecule has 0 aromatic rings. The Hall–Kier alpha value is -0.0800. The quantitative estimate of drug-likeness (QED) is 0.720. The van der Waals surface area contributed by atoms with Gasteiger partial charge in [0.15, 0.2) is 0 Å². The Morgan fingerprint density at radius 2 is 1.94 bits per heavy atom. The van der Waals surface area contributed by atoms with Crippen molar-refractivity contribution >= 4 is 0 Å². The number of hydrogen-bond acceptors (Lipinski definition) is 2. The summed E-state index contributed by atoms with van der Waals surface area (Å²) in [6.07, 6.45) is 8.43. The summed E-state index contributed by atoms with van der Waals surface area (Å²) in [5.41, 5.74) is 0. The molecule has 0 bridgehead atoms. The Morgan fingerprint density at radius 3 is 2.69 bits per heavy atom. The maximum absolute atomic E-state index is 3.79. The summed E-state index contributed by atoms with van der Waals surface area (Å²) in [6.45, 7) is 7.18. The van der Waals surface area contributed by atoms with E-state index in [0.717, 1.165) is 23.9 Å². The van der Waals surface area contributed by atoms with Gasteiger partial charge in [-0.05, 0) is 44.1 Å². The molecule has 2 aliphatic rings. The van der Waals surface area contributed by atoms with E-state index in [4.69, 9.17) is 0 Å². The highest BCUT2D eigenvalue weighted by atomic mass is 15.0. The molecule has 0 amide bonds. The predicted octanol–water partition coefficient (Wildman–Crippen LogP) is 2.54. The zero-order chi connectivity index (χ0) is 11.4. The van der Waals surface area contributed by atoms with Gasteiger partial charge in [0.05, 0.1) is 0 Å². The fourth-order valence-electron chi connectivity index (χ4n) is 3.16. The first kappa shape index (κ1) is 12.4. The van der Waals surface area contributed by atoms with Crippen molar-refractivity contribution < 1.29 is 0 Å². The van der Waals surface area contributed by atoms with Gasteiger partial charge in [-0.2, -0.15) is 0 Å². The van der Waals surface area contributed by atoms with Gasteiger partial charge in [-0.15, -0.1) is 0 Å². The summed E-state index contributed by atoms with van der Waals surface area (Å²) in [6, 6.07) is 1.51. The molecule has 2 rings (SSSR count). The van der Waals surface area contributed by atoms with Crippen LogP contribution >= 0.6 is 0 Å². The third kappa shape index (κ3) is 3.46. The molecular formula is C14H28N2. The van der Waals surface area contributed by atoms with Crippen LogP contribution < -0.4 is 10.6 Å². The van der Waals surface area contributed by atoms with E-state index in [0.29, 0.717) is 0 Å². The molecule has 4 atom stereocenters. The highest BCUT2D eigenvalue weighted by Gasteiger charge is 2.23. The Balaban J connectivity index is 1.68. The fraction of sp³-hybridized carbons (Fsp3) is 1.00. The van der Waals surface area contributed by atoms with Gasteiger partial charge in [-0.1, -0.05) is 26.7 Å². The van der Waals surface area contributed by atoms with Gasteiger partial charge >= 0.3 is 0 Å². The summed E-state index contributed by atoms with van der Waals surface area (Å²) in [5, 5.41) is 7.40. The van der Waals surface area contributed by atoms with Crippen molar-refractivity contribution in [2.24, 2.45) is 11.8 Å². The standard InChI is InChI=1S/C14H28N2/c1-11-4-3-5-13(7-6-11)16-10-14-12(2)8-9-15-14/h11-16H,3-10H2,1-2H3. The number of rotatable bonds is 3. The van der Waals surface area contributed by atoms with Crippen molar-refractivity contribution in [3.8, 4) is 0 Å². The Morgan fingerprint density at radius 1 is 1.06 bits per heavy atom. The van der Waals surface area contributed by atoms with Crippen LogP contribution in [0, 0.1) is 11.8 Å². The zero-order valence-electron chi connectivity index (χ0n) is 11.0. The molecule has 2 N–H and O–H groups in total. The van der Waals surface area contributed by atoms with Gasteiger partial charge in [0.25, 0.3) is 0 Å². The minimum atomic E-state index is 0.723. The highest BCUT2D eigenvalue weighted by Crippen LogP contribution is 2.23. The second kappa shape index (κ2) is 6.02. The zero-order valence-corrected chi connectivity index (χ0v) is 11.0. The molecule has 0 aromatic heterocycles. The molecule has 1 saturated heterocycles. The molecule has 0 spiro atoms. The maximum atomic E-state index is 3.79.